The first-order chi connectivity index (χ1) is 15.5. The van der Waals surface area contributed by atoms with E-state index >= 15 is 0 Å². The molecular weight excluding hydrogens is 553 g/mol. The van der Waals surface area contributed by atoms with Crippen LogP contribution >= 0.6 is 22.6 Å². The van der Waals surface area contributed by atoms with E-state index in [4.69, 9.17) is 0 Å². The quantitative estimate of drug-likeness (QED) is 0.322. The number of hydrogen-bond acceptors (Lipinski definition) is 4. The number of sulfonamides is 1. The monoisotopic (exact) mass is 585 g/mol. The highest BCUT2D eigenvalue weighted by Gasteiger charge is 2.30. The number of anilines is 1. The van der Waals surface area contributed by atoms with Gasteiger partial charge < -0.3 is 10.2 Å². The van der Waals surface area contributed by atoms with Gasteiger partial charge in [-0.1, -0.05) is 37.6 Å². The summed E-state index contributed by atoms with van der Waals surface area (Å²) >= 11 is 2.13. The maximum absolute atomic E-state index is 13.5. The minimum atomic E-state index is -3.72. The highest BCUT2D eigenvalue weighted by molar-refractivity contribution is 14.1. The fraction of sp³-hybridized carbons (Fsp3) is 0.417. The number of unbranched alkanes of at least 4 members (excludes halogenated alkanes) is 1. The summed E-state index contributed by atoms with van der Waals surface area (Å²) in [7, 11) is -3.72. The Kier molecular flexibility index (Phi) is 10.2. The molecular formula is C24H32IN3O4S. The van der Waals surface area contributed by atoms with Gasteiger partial charge in [-0.25, -0.2) is 8.42 Å². The number of rotatable bonds is 11. The first-order valence-electron chi connectivity index (χ1n) is 10.9. The molecule has 0 saturated heterocycles. The van der Waals surface area contributed by atoms with Crippen LogP contribution in [0.4, 0.5) is 5.69 Å². The molecule has 0 spiro atoms. The Morgan fingerprint density at radius 1 is 1.09 bits per heavy atom. The third-order valence-corrected chi connectivity index (χ3v) is 7.25. The summed E-state index contributed by atoms with van der Waals surface area (Å²) in [6, 6.07) is 13.8. The van der Waals surface area contributed by atoms with E-state index in [1.165, 1.54) is 4.90 Å². The van der Waals surface area contributed by atoms with Crippen molar-refractivity contribution in [2.75, 3.05) is 23.7 Å². The summed E-state index contributed by atoms with van der Waals surface area (Å²) in [6.45, 7) is 6.00. The fourth-order valence-electron chi connectivity index (χ4n) is 3.31. The molecule has 9 heteroatoms. The highest BCUT2D eigenvalue weighted by Crippen LogP contribution is 2.21. The van der Waals surface area contributed by atoms with Crippen molar-refractivity contribution in [3.63, 3.8) is 0 Å². The molecule has 33 heavy (non-hydrogen) atoms. The molecule has 2 aromatic rings. The third kappa shape index (κ3) is 7.99. The molecule has 180 valence electrons. The molecule has 2 aromatic carbocycles. The molecule has 0 radical (unpaired) electrons. The Hall–Kier alpha value is -2.14. The van der Waals surface area contributed by atoms with Gasteiger partial charge in [0, 0.05) is 16.7 Å². The highest BCUT2D eigenvalue weighted by atomic mass is 127. The lowest BCUT2D eigenvalue weighted by Crippen LogP contribution is -2.51. The van der Waals surface area contributed by atoms with Crippen LogP contribution in [0.15, 0.2) is 48.5 Å². The van der Waals surface area contributed by atoms with Crippen molar-refractivity contribution in [2.45, 2.75) is 46.2 Å². The molecule has 0 bridgehead atoms. The normalized spacial score (nSPS) is 12.2. The van der Waals surface area contributed by atoms with E-state index in [0.29, 0.717) is 12.2 Å². The number of halogens is 1. The predicted octanol–water partition coefficient (Wildman–Crippen LogP) is 3.70. The van der Waals surface area contributed by atoms with E-state index in [1.54, 1.807) is 31.2 Å². The van der Waals surface area contributed by atoms with Crippen LogP contribution in [0.1, 0.15) is 37.8 Å². The first kappa shape index (κ1) is 27.1. The number of amides is 2. The molecule has 1 atom stereocenters. The Balaban J connectivity index is 2.35. The predicted molar refractivity (Wildman–Crippen MR) is 140 cm³/mol. The minimum Gasteiger partial charge on any atom is -0.354 e. The van der Waals surface area contributed by atoms with Gasteiger partial charge in [0.15, 0.2) is 0 Å². The maximum Gasteiger partial charge on any atom is 0.244 e. The molecule has 0 heterocycles. The fourth-order valence-corrected chi connectivity index (χ4v) is 4.52. The first-order valence-corrected chi connectivity index (χ1v) is 13.8. The van der Waals surface area contributed by atoms with Crippen LogP contribution < -0.4 is 9.62 Å². The van der Waals surface area contributed by atoms with Gasteiger partial charge in [0.05, 0.1) is 11.9 Å². The van der Waals surface area contributed by atoms with Crippen LogP contribution in [0.2, 0.25) is 0 Å². The zero-order valence-electron chi connectivity index (χ0n) is 19.5. The number of hydrogen-bond donors (Lipinski definition) is 1. The van der Waals surface area contributed by atoms with Gasteiger partial charge in [0.2, 0.25) is 21.8 Å². The van der Waals surface area contributed by atoms with E-state index in [9.17, 15) is 18.0 Å². The van der Waals surface area contributed by atoms with E-state index in [1.807, 2.05) is 38.1 Å². The standard InChI is InChI=1S/C24H32IN3O4S/c1-5-6-15-26-24(30)19(3)27(16-20-10-8-7-9-18(20)2)23(29)17-28(33(4,31)32)22-13-11-21(25)12-14-22/h7-14,19H,5-6,15-17H2,1-4H3,(H,26,30). The molecule has 1 unspecified atom stereocenters. The van der Waals surface area contributed by atoms with Gasteiger partial charge in [-0.2, -0.15) is 0 Å². The van der Waals surface area contributed by atoms with Gasteiger partial charge in [0.1, 0.15) is 12.6 Å². The Morgan fingerprint density at radius 3 is 2.30 bits per heavy atom. The average molecular weight is 586 g/mol. The van der Waals surface area contributed by atoms with Crippen molar-refractivity contribution in [3.8, 4) is 0 Å². The molecule has 0 fully saturated rings. The Bertz CT molecular complexity index is 1060. The second kappa shape index (κ2) is 12.4. The van der Waals surface area contributed by atoms with Crippen molar-refractivity contribution in [2.24, 2.45) is 0 Å². The molecule has 0 saturated carbocycles. The SMILES string of the molecule is CCCCNC(=O)C(C)N(Cc1ccccc1C)C(=O)CN(c1ccc(I)cc1)S(C)(=O)=O. The van der Waals surface area contributed by atoms with Crippen LogP contribution in [0.3, 0.4) is 0 Å². The van der Waals surface area contributed by atoms with Gasteiger partial charge >= 0.3 is 0 Å². The van der Waals surface area contributed by atoms with Crippen molar-refractivity contribution >= 4 is 50.1 Å². The summed E-state index contributed by atoms with van der Waals surface area (Å²) < 4.78 is 27.1. The topological polar surface area (TPSA) is 86.8 Å². The lowest BCUT2D eigenvalue weighted by molar-refractivity contribution is -0.139. The van der Waals surface area contributed by atoms with Crippen LogP contribution in [-0.4, -0.2) is 50.5 Å². The van der Waals surface area contributed by atoms with Crippen LogP contribution in [0.25, 0.3) is 0 Å². The van der Waals surface area contributed by atoms with Crippen LogP contribution in [-0.2, 0) is 26.2 Å². The van der Waals surface area contributed by atoms with Crippen molar-refractivity contribution in [1.29, 1.82) is 0 Å². The number of benzene rings is 2. The van der Waals surface area contributed by atoms with E-state index in [-0.39, 0.29) is 12.5 Å². The number of nitrogens with one attached hydrogen (secondary N) is 1. The maximum atomic E-state index is 13.5. The second-order valence-corrected chi connectivity index (χ2v) is 11.2. The smallest absolute Gasteiger partial charge is 0.244 e. The minimum absolute atomic E-state index is 0.207. The van der Waals surface area contributed by atoms with Gasteiger partial charge in [0.25, 0.3) is 0 Å². The molecule has 0 aliphatic carbocycles. The molecule has 2 amide bonds. The third-order valence-electron chi connectivity index (χ3n) is 5.39. The summed E-state index contributed by atoms with van der Waals surface area (Å²) in [6.07, 6.45) is 2.86. The van der Waals surface area contributed by atoms with Crippen molar-refractivity contribution < 1.29 is 18.0 Å². The number of carbonyl (C=O) groups is 2. The lowest BCUT2D eigenvalue weighted by atomic mass is 10.1. The van der Waals surface area contributed by atoms with Gasteiger partial charge in [-0.3, -0.25) is 13.9 Å². The summed E-state index contributed by atoms with van der Waals surface area (Å²) in [4.78, 5) is 27.7. The number of carbonyl (C=O) groups excluding carboxylic acids is 2. The Labute approximate surface area is 210 Å². The van der Waals surface area contributed by atoms with Gasteiger partial charge in [-0.15, -0.1) is 0 Å². The summed E-state index contributed by atoms with van der Waals surface area (Å²) in [5.74, 6) is -0.703. The molecule has 0 aliphatic heterocycles. The average Bonchev–Trinajstić information content (AvgIpc) is 2.76. The van der Waals surface area contributed by atoms with E-state index in [2.05, 4.69) is 27.9 Å². The zero-order valence-corrected chi connectivity index (χ0v) is 22.5. The number of aryl methyl sites for hydroxylation is 1. The van der Waals surface area contributed by atoms with Crippen molar-refractivity contribution in [1.82, 2.24) is 10.2 Å². The lowest BCUT2D eigenvalue weighted by Gasteiger charge is -2.32. The van der Waals surface area contributed by atoms with E-state index in [0.717, 1.165) is 38.1 Å². The van der Waals surface area contributed by atoms with E-state index < -0.39 is 28.5 Å². The summed E-state index contributed by atoms with van der Waals surface area (Å²) in [5.41, 5.74) is 2.30. The zero-order chi connectivity index (χ0) is 24.6. The largest absolute Gasteiger partial charge is 0.354 e. The number of nitrogens with zero attached hydrogens (tertiary/aromatic N) is 2. The van der Waals surface area contributed by atoms with Crippen LogP contribution in [0.5, 0.6) is 0 Å². The van der Waals surface area contributed by atoms with Crippen molar-refractivity contribution in [3.05, 3.63) is 63.2 Å². The van der Waals surface area contributed by atoms with Gasteiger partial charge in [-0.05, 0) is 78.3 Å². The summed E-state index contributed by atoms with van der Waals surface area (Å²) in [5, 5.41) is 2.88. The molecule has 2 rings (SSSR count). The second-order valence-electron chi connectivity index (χ2n) is 8.01. The molecule has 7 nitrogen and oxygen atoms in total. The van der Waals surface area contributed by atoms with Crippen LogP contribution in [0, 0.1) is 10.5 Å². The molecule has 0 aliphatic rings. The molecule has 1 N–H and O–H groups in total. The molecule has 0 aromatic heterocycles. The Morgan fingerprint density at radius 2 is 1.73 bits per heavy atom.